The average molecular weight is 350 g/mol. The van der Waals surface area contributed by atoms with Gasteiger partial charge in [0.15, 0.2) is 0 Å². The Bertz CT molecular complexity index is 767. The van der Waals surface area contributed by atoms with Gasteiger partial charge >= 0.3 is 7.82 Å². The number of hydrogen-bond acceptors (Lipinski definition) is 2. The van der Waals surface area contributed by atoms with E-state index in [1.165, 1.54) is 54.4 Å². The maximum absolute atomic E-state index is 8.88. The average Bonchev–Trinajstić information content (AvgIpc) is 3.18. The van der Waals surface area contributed by atoms with E-state index in [1.807, 2.05) is 6.20 Å². The van der Waals surface area contributed by atoms with Crippen molar-refractivity contribution in [3.63, 3.8) is 0 Å². The lowest BCUT2D eigenvalue weighted by Gasteiger charge is -2.27. The molecule has 0 bridgehead atoms. The van der Waals surface area contributed by atoms with E-state index in [2.05, 4.69) is 40.2 Å². The minimum Gasteiger partial charge on any atom is -0.361 e. The lowest BCUT2D eigenvalue weighted by Crippen LogP contribution is -2.31. The van der Waals surface area contributed by atoms with E-state index in [9.17, 15) is 0 Å². The quantitative estimate of drug-likeness (QED) is 0.638. The van der Waals surface area contributed by atoms with Crippen molar-refractivity contribution in [3.05, 3.63) is 42.1 Å². The van der Waals surface area contributed by atoms with E-state index in [0.717, 1.165) is 12.5 Å². The van der Waals surface area contributed by atoms with Crippen molar-refractivity contribution >= 4 is 24.3 Å². The van der Waals surface area contributed by atoms with Crippen LogP contribution in [0.2, 0.25) is 0 Å². The summed E-state index contributed by atoms with van der Waals surface area (Å²) in [6.07, 6.45) is 8.57. The van der Waals surface area contributed by atoms with E-state index in [4.69, 9.17) is 19.2 Å². The van der Waals surface area contributed by atoms with Crippen LogP contribution in [0.3, 0.4) is 0 Å². The smallest absolute Gasteiger partial charge is 0.361 e. The Balaban J connectivity index is 0.000000300. The number of H-pyrrole nitrogens is 1. The number of nitrogens with zero attached hydrogens (tertiary/aromatic N) is 1. The lowest BCUT2D eigenvalue weighted by molar-refractivity contribution is 0.275. The summed E-state index contributed by atoms with van der Waals surface area (Å²) in [5, 5.41) is 1.36. The van der Waals surface area contributed by atoms with Crippen LogP contribution in [0.5, 0.6) is 0 Å². The number of nitrogens with one attached hydrogen (secondary N) is 1. The molecule has 1 fully saturated rings. The van der Waals surface area contributed by atoms with Crippen molar-refractivity contribution < 1.29 is 19.2 Å². The van der Waals surface area contributed by atoms with E-state index >= 15 is 0 Å². The van der Waals surface area contributed by atoms with Crippen molar-refractivity contribution in [1.29, 1.82) is 0 Å². The van der Waals surface area contributed by atoms with Crippen LogP contribution in [-0.4, -0.2) is 44.2 Å². The second-order valence-electron chi connectivity index (χ2n) is 6.45. The SMILES string of the molecule is C1=C(c2cccc3[nH]ccc23)CN(CC2CC2)CC1.O=P(O)(O)O. The van der Waals surface area contributed by atoms with Crippen LogP contribution in [0.4, 0.5) is 0 Å². The fourth-order valence-electron chi connectivity index (χ4n) is 3.19. The largest absolute Gasteiger partial charge is 0.466 e. The molecule has 0 amide bonds. The van der Waals surface area contributed by atoms with Gasteiger partial charge < -0.3 is 19.7 Å². The zero-order chi connectivity index (χ0) is 17.2. The number of rotatable bonds is 3. The number of phosphoric acid groups is 1. The molecule has 24 heavy (non-hydrogen) atoms. The Labute approximate surface area is 141 Å². The Morgan fingerprint density at radius 3 is 2.67 bits per heavy atom. The van der Waals surface area contributed by atoms with Crippen molar-refractivity contribution in [1.82, 2.24) is 9.88 Å². The molecule has 1 aliphatic heterocycles. The summed E-state index contributed by atoms with van der Waals surface area (Å²) in [7, 11) is -4.64. The van der Waals surface area contributed by atoms with E-state index < -0.39 is 7.82 Å². The van der Waals surface area contributed by atoms with Gasteiger partial charge in [-0.1, -0.05) is 18.2 Å². The highest BCUT2D eigenvalue weighted by atomic mass is 31.2. The van der Waals surface area contributed by atoms with Gasteiger partial charge in [0.1, 0.15) is 0 Å². The molecule has 0 unspecified atom stereocenters. The van der Waals surface area contributed by atoms with Gasteiger partial charge in [-0.2, -0.15) is 0 Å². The molecule has 0 saturated heterocycles. The third-order valence-electron chi connectivity index (χ3n) is 4.38. The van der Waals surface area contributed by atoms with Gasteiger partial charge in [0.25, 0.3) is 0 Å². The summed E-state index contributed by atoms with van der Waals surface area (Å²) < 4.78 is 8.88. The number of benzene rings is 1. The Hall–Kier alpha value is -1.43. The molecule has 4 N–H and O–H groups in total. The molecule has 4 rings (SSSR count). The molecular weight excluding hydrogens is 327 g/mol. The minimum absolute atomic E-state index is 0.988. The van der Waals surface area contributed by atoms with Crippen LogP contribution in [0.1, 0.15) is 24.8 Å². The van der Waals surface area contributed by atoms with Crippen LogP contribution in [0.25, 0.3) is 16.5 Å². The monoisotopic (exact) mass is 350 g/mol. The predicted octanol–water partition coefficient (Wildman–Crippen LogP) is 2.74. The van der Waals surface area contributed by atoms with Crippen LogP contribution < -0.4 is 0 Å². The van der Waals surface area contributed by atoms with Gasteiger partial charge in [-0.3, -0.25) is 4.90 Å². The third-order valence-corrected chi connectivity index (χ3v) is 4.38. The molecule has 6 nitrogen and oxygen atoms in total. The summed E-state index contributed by atoms with van der Waals surface area (Å²) in [4.78, 5) is 27.5. The molecule has 2 heterocycles. The second-order valence-corrected chi connectivity index (χ2v) is 7.48. The highest BCUT2D eigenvalue weighted by molar-refractivity contribution is 7.45. The Kier molecular flexibility index (Phi) is 5.23. The molecule has 1 aromatic carbocycles. The molecular formula is C17H23N2O4P. The van der Waals surface area contributed by atoms with Crippen LogP contribution in [0.15, 0.2) is 36.5 Å². The van der Waals surface area contributed by atoms with Crippen molar-refractivity contribution in [2.75, 3.05) is 19.6 Å². The minimum atomic E-state index is -4.64. The van der Waals surface area contributed by atoms with Crippen molar-refractivity contribution in [2.24, 2.45) is 5.92 Å². The predicted molar refractivity (Wildman–Crippen MR) is 94.3 cm³/mol. The zero-order valence-electron chi connectivity index (χ0n) is 13.4. The van der Waals surface area contributed by atoms with E-state index in [0.29, 0.717) is 0 Å². The van der Waals surface area contributed by atoms with E-state index in [1.54, 1.807) is 0 Å². The second kappa shape index (κ2) is 7.21. The molecule has 0 spiro atoms. The number of aromatic amines is 1. The van der Waals surface area contributed by atoms with Gasteiger partial charge in [0, 0.05) is 36.7 Å². The van der Waals surface area contributed by atoms with E-state index in [-0.39, 0.29) is 0 Å². The highest BCUT2D eigenvalue weighted by Gasteiger charge is 2.25. The number of aromatic nitrogens is 1. The fourth-order valence-corrected chi connectivity index (χ4v) is 3.19. The van der Waals surface area contributed by atoms with Gasteiger partial charge in [-0.15, -0.1) is 0 Å². The first-order chi connectivity index (χ1) is 11.4. The molecule has 2 aromatic rings. The molecule has 7 heteroatoms. The Morgan fingerprint density at radius 1 is 1.21 bits per heavy atom. The van der Waals surface area contributed by atoms with Gasteiger partial charge in [0.05, 0.1) is 0 Å². The van der Waals surface area contributed by atoms with Crippen molar-refractivity contribution in [2.45, 2.75) is 19.3 Å². The summed E-state index contributed by atoms with van der Waals surface area (Å²) in [6.45, 7) is 3.67. The topological polar surface area (TPSA) is 96.8 Å². The Morgan fingerprint density at radius 2 is 1.96 bits per heavy atom. The van der Waals surface area contributed by atoms with Crippen LogP contribution in [-0.2, 0) is 4.57 Å². The summed E-state index contributed by atoms with van der Waals surface area (Å²) >= 11 is 0. The van der Waals surface area contributed by atoms with Gasteiger partial charge in [-0.05, 0) is 48.4 Å². The molecule has 1 saturated carbocycles. The normalized spacial score (nSPS) is 18.9. The summed E-state index contributed by atoms with van der Waals surface area (Å²) in [6, 6.07) is 8.78. The fraction of sp³-hybridized carbons (Fsp3) is 0.412. The maximum Gasteiger partial charge on any atom is 0.466 e. The first kappa shape index (κ1) is 17.4. The van der Waals surface area contributed by atoms with Crippen LogP contribution in [0, 0.1) is 5.92 Å². The molecule has 0 atom stereocenters. The summed E-state index contributed by atoms with van der Waals surface area (Å²) in [5.41, 5.74) is 4.18. The summed E-state index contributed by atoms with van der Waals surface area (Å²) in [5.74, 6) is 0.988. The maximum atomic E-state index is 8.88. The molecule has 1 aromatic heterocycles. The van der Waals surface area contributed by atoms with Crippen molar-refractivity contribution in [3.8, 4) is 0 Å². The zero-order valence-corrected chi connectivity index (χ0v) is 14.3. The number of fused-ring (bicyclic) bond motifs is 1. The molecule has 2 aliphatic rings. The lowest BCUT2D eigenvalue weighted by atomic mass is 9.98. The first-order valence-electron chi connectivity index (χ1n) is 8.16. The van der Waals surface area contributed by atoms with Gasteiger partial charge in [0.2, 0.25) is 0 Å². The standard InChI is InChI=1S/C17H20N2.H3O4P/c1-4-15(16-8-9-18-17(16)5-1)14-3-2-10-19(12-14)11-13-6-7-13;1-5(2,3)4/h1,3-5,8-9,13,18H,2,6-7,10-12H2;(H3,1,2,3,4). The molecule has 130 valence electrons. The molecule has 1 aliphatic carbocycles. The molecule has 0 radical (unpaired) electrons. The highest BCUT2D eigenvalue weighted by Crippen LogP contribution is 2.32. The van der Waals surface area contributed by atoms with Crippen LogP contribution >= 0.6 is 7.82 Å². The van der Waals surface area contributed by atoms with Gasteiger partial charge in [-0.25, -0.2) is 4.57 Å². The number of hydrogen-bond donors (Lipinski definition) is 4. The first-order valence-corrected chi connectivity index (χ1v) is 9.73. The third kappa shape index (κ3) is 5.03.